The van der Waals surface area contributed by atoms with Crippen LogP contribution in [0.5, 0.6) is 11.6 Å². The smallest absolute Gasteiger partial charge is 0.238 e. The number of nitrogens with zero attached hydrogens (tertiary/aromatic N) is 1. The Morgan fingerprint density at radius 2 is 2.35 bits per heavy atom. The van der Waals surface area contributed by atoms with Gasteiger partial charge >= 0.3 is 0 Å². The molecule has 2 heterocycles. The van der Waals surface area contributed by atoms with Crippen molar-refractivity contribution >= 4 is 17.7 Å². The Hall–Kier alpha value is -2.12. The molecule has 3 rings (SSSR count). The molecule has 23 heavy (non-hydrogen) atoms. The van der Waals surface area contributed by atoms with E-state index < -0.39 is 0 Å². The average Bonchev–Trinajstić information content (AvgIpc) is 3.08. The van der Waals surface area contributed by atoms with Crippen LogP contribution in [0.4, 0.5) is 4.39 Å². The summed E-state index contributed by atoms with van der Waals surface area (Å²) < 4.78 is 18.9. The number of pyridine rings is 1. The van der Waals surface area contributed by atoms with Gasteiger partial charge in [-0.05, 0) is 18.2 Å². The molecule has 1 aromatic heterocycles. The number of hydrogen-bond donors (Lipinski definition) is 2. The van der Waals surface area contributed by atoms with Crippen LogP contribution in [0.15, 0.2) is 42.6 Å². The number of rotatable bonds is 5. The molecule has 0 saturated carbocycles. The van der Waals surface area contributed by atoms with E-state index in [1.54, 1.807) is 36.2 Å². The standard InChI is InChI=1S/C16H16FN3O2S/c17-12-4-1-5-13(7-12)22-16-11(3-2-6-18-16)8-19-15(21)14-9-23-10-20-14/h1-7,14,20H,8-10H2,(H,19,21)/t14-/m1/s1. The van der Waals surface area contributed by atoms with E-state index in [9.17, 15) is 9.18 Å². The Balaban J connectivity index is 1.66. The molecule has 7 heteroatoms. The molecule has 1 aromatic carbocycles. The minimum absolute atomic E-state index is 0.0458. The molecule has 2 N–H and O–H groups in total. The number of aromatic nitrogens is 1. The van der Waals surface area contributed by atoms with Crippen LogP contribution < -0.4 is 15.4 Å². The van der Waals surface area contributed by atoms with E-state index in [4.69, 9.17) is 4.74 Å². The molecule has 1 amide bonds. The highest BCUT2D eigenvalue weighted by atomic mass is 32.2. The third-order valence-corrected chi connectivity index (χ3v) is 4.29. The average molecular weight is 333 g/mol. The molecule has 0 aliphatic carbocycles. The second-order valence-corrected chi connectivity index (χ2v) is 6.05. The van der Waals surface area contributed by atoms with E-state index >= 15 is 0 Å². The maximum absolute atomic E-state index is 13.2. The normalized spacial score (nSPS) is 17.0. The highest BCUT2D eigenvalue weighted by Gasteiger charge is 2.22. The third-order valence-electron chi connectivity index (χ3n) is 3.35. The number of hydrogen-bond acceptors (Lipinski definition) is 5. The fraction of sp³-hybridized carbons (Fsp3) is 0.250. The van der Waals surface area contributed by atoms with Crippen LogP contribution in [0.2, 0.25) is 0 Å². The number of ether oxygens (including phenoxy) is 1. The van der Waals surface area contributed by atoms with Gasteiger partial charge in [0, 0.05) is 36.0 Å². The lowest BCUT2D eigenvalue weighted by Crippen LogP contribution is -2.41. The summed E-state index contributed by atoms with van der Waals surface area (Å²) in [5.74, 6) is 1.86. The Bertz CT molecular complexity index is 693. The van der Waals surface area contributed by atoms with Gasteiger partial charge in [-0.15, -0.1) is 11.8 Å². The van der Waals surface area contributed by atoms with Crippen LogP contribution >= 0.6 is 11.8 Å². The van der Waals surface area contributed by atoms with Gasteiger partial charge in [-0.25, -0.2) is 9.37 Å². The van der Waals surface area contributed by atoms with Gasteiger partial charge in [0.25, 0.3) is 0 Å². The first-order chi connectivity index (χ1) is 11.2. The van der Waals surface area contributed by atoms with E-state index in [-0.39, 0.29) is 17.8 Å². The fourth-order valence-corrected chi connectivity index (χ4v) is 3.10. The molecule has 1 aliphatic heterocycles. The van der Waals surface area contributed by atoms with Crippen molar-refractivity contribution in [3.63, 3.8) is 0 Å². The summed E-state index contributed by atoms with van der Waals surface area (Å²) in [6.07, 6.45) is 1.59. The molecule has 120 valence electrons. The largest absolute Gasteiger partial charge is 0.439 e. The second kappa shape index (κ2) is 7.43. The number of benzene rings is 1. The molecule has 1 fully saturated rings. The van der Waals surface area contributed by atoms with E-state index in [1.165, 1.54) is 12.1 Å². The molecule has 2 aromatic rings. The zero-order valence-electron chi connectivity index (χ0n) is 12.3. The van der Waals surface area contributed by atoms with Crippen molar-refractivity contribution < 1.29 is 13.9 Å². The molecule has 5 nitrogen and oxygen atoms in total. The molecule has 1 saturated heterocycles. The molecular weight excluding hydrogens is 317 g/mol. The summed E-state index contributed by atoms with van der Waals surface area (Å²) in [6.45, 7) is 0.306. The lowest BCUT2D eigenvalue weighted by Gasteiger charge is -2.13. The number of carbonyl (C=O) groups excluding carboxylic acids is 1. The van der Waals surface area contributed by atoms with Crippen molar-refractivity contribution in [1.29, 1.82) is 0 Å². The summed E-state index contributed by atoms with van der Waals surface area (Å²) in [5.41, 5.74) is 0.732. The van der Waals surface area contributed by atoms with Crippen LogP contribution in [-0.2, 0) is 11.3 Å². The number of halogens is 1. The zero-order valence-corrected chi connectivity index (χ0v) is 13.1. The van der Waals surface area contributed by atoms with Gasteiger partial charge in [0.15, 0.2) is 0 Å². The van der Waals surface area contributed by atoms with Crippen LogP contribution in [0.1, 0.15) is 5.56 Å². The minimum Gasteiger partial charge on any atom is -0.439 e. The topological polar surface area (TPSA) is 63.2 Å². The maximum atomic E-state index is 13.2. The Morgan fingerprint density at radius 3 is 3.13 bits per heavy atom. The third kappa shape index (κ3) is 4.20. The number of carbonyl (C=O) groups is 1. The van der Waals surface area contributed by atoms with Crippen LogP contribution in [0.3, 0.4) is 0 Å². The zero-order chi connectivity index (χ0) is 16.1. The fourth-order valence-electron chi connectivity index (χ4n) is 2.16. The highest BCUT2D eigenvalue weighted by Crippen LogP contribution is 2.23. The van der Waals surface area contributed by atoms with Gasteiger partial charge in [-0.1, -0.05) is 12.1 Å². The lowest BCUT2D eigenvalue weighted by molar-refractivity contribution is -0.122. The van der Waals surface area contributed by atoms with Gasteiger partial charge in [-0.3, -0.25) is 10.1 Å². The summed E-state index contributed by atoms with van der Waals surface area (Å²) in [4.78, 5) is 16.2. The molecule has 1 aliphatic rings. The number of amides is 1. The SMILES string of the molecule is O=C(NCc1cccnc1Oc1cccc(F)c1)[C@H]1CSCN1. The number of nitrogens with one attached hydrogen (secondary N) is 2. The van der Waals surface area contributed by atoms with Crippen molar-refractivity contribution in [3.05, 3.63) is 54.0 Å². The Kier molecular flexibility index (Phi) is 5.09. The van der Waals surface area contributed by atoms with Gasteiger partial charge in [-0.2, -0.15) is 0 Å². The lowest BCUT2D eigenvalue weighted by atomic mass is 10.2. The first-order valence-corrected chi connectivity index (χ1v) is 8.34. The maximum Gasteiger partial charge on any atom is 0.238 e. The van der Waals surface area contributed by atoms with Gasteiger partial charge in [0.1, 0.15) is 11.6 Å². The van der Waals surface area contributed by atoms with Gasteiger partial charge < -0.3 is 10.1 Å². The predicted molar refractivity (Wildman–Crippen MR) is 86.8 cm³/mol. The summed E-state index contributed by atoms with van der Waals surface area (Å²) in [5, 5.41) is 5.99. The first kappa shape index (κ1) is 15.8. The van der Waals surface area contributed by atoms with Crippen LogP contribution in [-0.4, -0.2) is 28.6 Å². The Labute approximate surface area is 137 Å². The second-order valence-electron chi connectivity index (χ2n) is 5.02. The van der Waals surface area contributed by atoms with Crippen molar-refractivity contribution in [2.75, 3.05) is 11.6 Å². The molecule has 0 unspecified atom stereocenters. The molecular formula is C16H16FN3O2S. The summed E-state index contributed by atoms with van der Waals surface area (Å²) >= 11 is 1.69. The van der Waals surface area contributed by atoms with Gasteiger partial charge in [0.05, 0.1) is 6.04 Å². The molecule has 0 radical (unpaired) electrons. The number of thioether (sulfide) groups is 1. The predicted octanol–water partition coefficient (Wildman–Crippen LogP) is 2.29. The first-order valence-electron chi connectivity index (χ1n) is 7.18. The van der Waals surface area contributed by atoms with E-state index in [2.05, 4.69) is 15.6 Å². The molecule has 0 bridgehead atoms. The van der Waals surface area contributed by atoms with E-state index in [1.807, 2.05) is 6.07 Å². The van der Waals surface area contributed by atoms with E-state index in [0.29, 0.717) is 18.2 Å². The molecule has 0 spiro atoms. The van der Waals surface area contributed by atoms with Crippen LogP contribution in [0, 0.1) is 5.82 Å². The highest BCUT2D eigenvalue weighted by molar-refractivity contribution is 7.99. The van der Waals surface area contributed by atoms with E-state index in [0.717, 1.165) is 17.2 Å². The summed E-state index contributed by atoms with van der Waals surface area (Å²) in [6, 6.07) is 9.28. The monoisotopic (exact) mass is 333 g/mol. The van der Waals surface area contributed by atoms with Crippen molar-refractivity contribution in [1.82, 2.24) is 15.6 Å². The van der Waals surface area contributed by atoms with Gasteiger partial charge in [0.2, 0.25) is 11.8 Å². The van der Waals surface area contributed by atoms with Crippen molar-refractivity contribution in [2.24, 2.45) is 0 Å². The van der Waals surface area contributed by atoms with Crippen LogP contribution in [0.25, 0.3) is 0 Å². The quantitative estimate of drug-likeness (QED) is 0.879. The Morgan fingerprint density at radius 1 is 1.43 bits per heavy atom. The van der Waals surface area contributed by atoms with Crippen molar-refractivity contribution in [2.45, 2.75) is 12.6 Å². The summed E-state index contributed by atoms with van der Waals surface area (Å²) in [7, 11) is 0. The minimum atomic E-state index is -0.377. The van der Waals surface area contributed by atoms with Crippen molar-refractivity contribution in [3.8, 4) is 11.6 Å². The molecule has 1 atom stereocenters.